The predicted molar refractivity (Wildman–Crippen MR) is 51.1 cm³/mol. The van der Waals surface area contributed by atoms with Gasteiger partial charge >= 0.3 is 0 Å². The van der Waals surface area contributed by atoms with Crippen LogP contribution < -0.4 is 0 Å². The van der Waals surface area contributed by atoms with Crippen molar-refractivity contribution in [2.75, 3.05) is 0 Å². The van der Waals surface area contributed by atoms with Crippen LogP contribution in [0, 0.1) is 0 Å². The van der Waals surface area contributed by atoms with Crippen molar-refractivity contribution in [3.8, 4) is 0 Å². The molecular weight excluding hydrogens is 188 g/mol. The van der Waals surface area contributed by atoms with Gasteiger partial charge < -0.3 is 0 Å². The molecule has 0 saturated heterocycles. The molecule has 4 heteroatoms. The molecule has 0 atom stereocenters. The first kappa shape index (κ1) is 10.1. The van der Waals surface area contributed by atoms with Crippen molar-refractivity contribution in [2.45, 2.75) is 26.2 Å². The summed E-state index contributed by atoms with van der Waals surface area (Å²) in [6.45, 7) is 5.88. The number of carbonyl (C=O) groups excluding carboxylic acids is 1. The van der Waals surface area contributed by atoms with Crippen LogP contribution in [0.2, 0.25) is 5.15 Å². The topological polar surface area (TPSA) is 42.9 Å². The smallest absolute Gasteiger partial charge is 0.170 e. The van der Waals surface area contributed by atoms with Crippen LogP contribution in [0.3, 0.4) is 0 Å². The van der Waals surface area contributed by atoms with Gasteiger partial charge in [0.1, 0.15) is 10.8 Å². The molecular formula is C9H11ClN2O. The Balaban J connectivity index is 3.32. The van der Waals surface area contributed by atoms with E-state index in [1.807, 2.05) is 20.8 Å². The van der Waals surface area contributed by atoms with Crippen LogP contribution in [0.1, 0.15) is 37.0 Å². The lowest BCUT2D eigenvalue weighted by Gasteiger charge is -2.18. The Morgan fingerprint density at radius 2 is 2.08 bits per heavy atom. The summed E-state index contributed by atoms with van der Waals surface area (Å²) in [5.74, 6) is 0. The third-order valence-corrected chi connectivity index (χ3v) is 1.78. The first-order valence-corrected chi connectivity index (χ1v) is 4.31. The second-order valence-corrected chi connectivity index (χ2v) is 4.18. The number of nitrogens with zero attached hydrogens (tertiary/aromatic N) is 2. The average molecular weight is 199 g/mol. The van der Waals surface area contributed by atoms with Gasteiger partial charge in [0.15, 0.2) is 6.29 Å². The molecule has 3 nitrogen and oxygen atoms in total. The normalized spacial score (nSPS) is 11.4. The molecule has 0 unspecified atom stereocenters. The molecule has 1 heterocycles. The molecule has 13 heavy (non-hydrogen) atoms. The van der Waals surface area contributed by atoms with E-state index < -0.39 is 0 Å². The maximum absolute atomic E-state index is 10.6. The fourth-order valence-electron chi connectivity index (χ4n) is 1.02. The minimum absolute atomic E-state index is 0.214. The molecule has 0 aliphatic carbocycles. The Kier molecular flexibility index (Phi) is 2.66. The molecule has 70 valence electrons. The minimum atomic E-state index is -0.214. The maximum atomic E-state index is 10.6. The SMILES string of the molecule is CC(C)(C)c1nc(Cl)cnc1C=O. The van der Waals surface area contributed by atoms with E-state index in [2.05, 4.69) is 9.97 Å². The summed E-state index contributed by atoms with van der Waals surface area (Å²) in [5, 5.41) is 0.315. The minimum Gasteiger partial charge on any atom is -0.296 e. The number of aromatic nitrogens is 2. The van der Waals surface area contributed by atoms with Crippen LogP contribution in [0.15, 0.2) is 6.20 Å². The predicted octanol–water partition coefficient (Wildman–Crippen LogP) is 2.24. The van der Waals surface area contributed by atoms with E-state index in [-0.39, 0.29) is 5.41 Å². The molecule has 0 bridgehead atoms. The highest BCUT2D eigenvalue weighted by Crippen LogP contribution is 2.22. The van der Waals surface area contributed by atoms with Crippen LogP contribution >= 0.6 is 11.6 Å². The molecule has 1 rings (SSSR count). The fraction of sp³-hybridized carbons (Fsp3) is 0.444. The van der Waals surface area contributed by atoms with Crippen molar-refractivity contribution in [3.63, 3.8) is 0 Å². The molecule has 0 spiro atoms. The van der Waals surface area contributed by atoms with E-state index in [0.29, 0.717) is 22.8 Å². The van der Waals surface area contributed by atoms with E-state index in [1.54, 1.807) is 0 Å². The van der Waals surface area contributed by atoms with Crippen LogP contribution in [0.4, 0.5) is 0 Å². The largest absolute Gasteiger partial charge is 0.296 e. The van der Waals surface area contributed by atoms with Crippen LogP contribution in [0.25, 0.3) is 0 Å². The third-order valence-electron chi connectivity index (χ3n) is 1.59. The van der Waals surface area contributed by atoms with Gasteiger partial charge in [0.25, 0.3) is 0 Å². The second-order valence-electron chi connectivity index (χ2n) is 3.79. The van der Waals surface area contributed by atoms with E-state index in [9.17, 15) is 4.79 Å². The first-order valence-electron chi connectivity index (χ1n) is 3.93. The van der Waals surface area contributed by atoms with Crippen molar-refractivity contribution in [2.24, 2.45) is 0 Å². The Bertz CT molecular complexity index is 331. The Hall–Kier alpha value is -0.960. The highest BCUT2D eigenvalue weighted by atomic mass is 35.5. The zero-order chi connectivity index (χ0) is 10.1. The van der Waals surface area contributed by atoms with Crippen molar-refractivity contribution in [1.29, 1.82) is 0 Å². The summed E-state index contributed by atoms with van der Waals surface area (Å²) >= 11 is 5.69. The van der Waals surface area contributed by atoms with Crippen molar-refractivity contribution >= 4 is 17.9 Å². The van der Waals surface area contributed by atoms with Crippen LogP contribution in [0.5, 0.6) is 0 Å². The molecule has 1 aromatic rings. The summed E-state index contributed by atoms with van der Waals surface area (Å²) in [6.07, 6.45) is 2.07. The highest BCUT2D eigenvalue weighted by Gasteiger charge is 2.20. The Morgan fingerprint density at radius 3 is 2.54 bits per heavy atom. The van der Waals surface area contributed by atoms with E-state index in [4.69, 9.17) is 11.6 Å². The van der Waals surface area contributed by atoms with Crippen LogP contribution in [-0.2, 0) is 5.41 Å². The summed E-state index contributed by atoms with van der Waals surface area (Å²) in [5.41, 5.74) is 0.778. The summed E-state index contributed by atoms with van der Waals surface area (Å²) in [7, 11) is 0. The molecule has 0 saturated carbocycles. The summed E-state index contributed by atoms with van der Waals surface area (Å²) in [6, 6.07) is 0. The number of hydrogen-bond acceptors (Lipinski definition) is 3. The third kappa shape index (κ3) is 2.25. The lowest BCUT2D eigenvalue weighted by molar-refractivity contribution is 0.111. The molecule has 0 radical (unpaired) electrons. The second kappa shape index (κ2) is 3.42. The molecule has 0 amide bonds. The lowest BCUT2D eigenvalue weighted by Crippen LogP contribution is -2.17. The van der Waals surface area contributed by atoms with Gasteiger partial charge in [-0.15, -0.1) is 0 Å². The highest BCUT2D eigenvalue weighted by molar-refractivity contribution is 6.29. The van der Waals surface area contributed by atoms with Crippen molar-refractivity contribution in [1.82, 2.24) is 9.97 Å². The van der Waals surface area contributed by atoms with E-state index in [1.165, 1.54) is 6.20 Å². The average Bonchev–Trinajstić information content (AvgIpc) is 2.03. The molecule has 0 aromatic carbocycles. The van der Waals surface area contributed by atoms with Crippen molar-refractivity contribution in [3.05, 3.63) is 22.7 Å². The molecule has 1 aromatic heterocycles. The molecule has 0 aliphatic rings. The van der Waals surface area contributed by atoms with Gasteiger partial charge in [-0.05, 0) is 0 Å². The number of rotatable bonds is 1. The quantitative estimate of drug-likeness (QED) is 0.650. The zero-order valence-electron chi connectivity index (χ0n) is 7.84. The van der Waals surface area contributed by atoms with Gasteiger partial charge in [-0.25, -0.2) is 9.97 Å². The fourth-order valence-corrected chi connectivity index (χ4v) is 1.15. The number of aldehydes is 1. The zero-order valence-corrected chi connectivity index (χ0v) is 8.59. The van der Waals surface area contributed by atoms with Gasteiger partial charge in [-0.2, -0.15) is 0 Å². The summed E-state index contributed by atoms with van der Waals surface area (Å²) in [4.78, 5) is 18.6. The Labute approximate surface area is 82.2 Å². The molecule has 0 fully saturated rings. The first-order chi connectivity index (χ1) is 5.95. The van der Waals surface area contributed by atoms with Gasteiger partial charge in [-0.3, -0.25) is 4.79 Å². The van der Waals surface area contributed by atoms with Gasteiger partial charge in [-0.1, -0.05) is 32.4 Å². The van der Waals surface area contributed by atoms with E-state index in [0.717, 1.165) is 0 Å². The number of carbonyl (C=O) groups is 1. The molecule has 0 aliphatic heterocycles. The molecule has 0 N–H and O–H groups in total. The monoisotopic (exact) mass is 198 g/mol. The van der Waals surface area contributed by atoms with Crippen LogP contribution in [-0.4, -0.2) is 16.3 Å². The van der Waals surface area contributed by atoms with Gasteiger partial charge in [0, 0.05) is 5.41 Å². The summed E-state index contributed by atoms with van der Waals surface area (Å²) < 4.78 is 0. The number of halogens is 1. The van der Waals surface area contributed by atoms with Gasteiger partial charge in [0.2, 0.25) is 0 Å². The van der Waals surface area contributed by atoms with Gasteiger partial charge in [0.05, 0.1) is 11.9 Å². The van der Waals surface area contributed by atoms with Crippen molar-refractivity contribution < 1.29 is 4.79 Å². The number of hydrogen-bond donors (Lipinski definition) is 0. The lowest BCUT2D eigenvalue weighted by atomic mass is 9.90. The van der Waals surface area contributed by atoms with E-state index >= 15 is 0 Å². The Morgan fingerprint density at radius 1 is 1.46 bits per heavy atom. The maximum Gasteiger partial charge on any atom is 0.170 e. The standard InChI is InChI=1S/C9H11ClN2O/c1-9(2,3)8-6(5-13)11-4-7(10)12-8/h4-5H,1-3H3.